The molecule has 1 heterocycles. The molecule has 1 nitrogen and oxygen atoms in total. The second-order valence-electron chi connectivity index (χ2n) is 10.9. The van der Waals surface area contributed by atoms with Crippen molar-refractivity contribution in [3.63, 3.8) is 0 Å². The van der Waals surface area contributed by atoms with Gasteiger partial charge in [-0.2, -0.15) is 0 Å². The van der Waals surface area contributed by atoms with Gasteiger partial charge >= 0.3 is 0 Å². The molecule has 0 aliphatic rings. The van der Waals surface area contributed by atoms with Crippen LogP contribution in [0.5, 0.6) is 0 Å². The first-order valence-electron chi connectivity index (χ1n) is 19.2. The van der Waals surface area contributed by atoms with Gasteiger partial charge in [-0.05, 0) is 90.3 Å². The smallest absolute Gasteiger partial charge is 0.136 e. The van der Waals surface area contributed by atoms with Gasteiger partial charge in [-0.1, -0.05) is 145 Å². The summed E-state index contributed by atoms with van der Waals surface area (Å²) in [6.07, 6.45) is 0. The zero-order chi connectivity index (χ0) is 37.6. The molecular formula is C44H28O. The minimum atomic E-state index is -0.450. The normalized spacial score (nSPS) is 14.4. The maximum atomic E-state index is 9.51. The van der Waals surface area contributed by atoms with Gasteiger partial charge in [0.25, 0.3) is 0 Å². The van der Waals surface area contributed by atoms with Crippen molar-refractivity contribution in [1.29, 1.82) is 0 Å². The van der Waals surface area contributed by atoms with Crippen molar-refractivity contribution in [3.05, 3.63) is 170 Å². The lowest BCUT2D eigenvalue weighted by Crippen LogP contribution is -1.91. The second-order valence-corrected chi connectivity index (χ2v) is 10.9. The summed E-state index contributed by atoms with van der Waals surface area (Å²) < 4.78 is 84.6. The van der Waals surface area contributed by atoms with Gasteiger partial charge in [-0.25, -0.2) is 0 Å². The van der Waals surface area contributed by atoms with Crippen LogP contribution < -0.4 is 0 Å². The van der Waals surface area contributed by atoms with Crippen LogP contribution in [0.4, 0.5) is 0 Å². The van der Waals surface area contributed by atoms with Crippen LogP contribution in [0.2, 0.25) is 0 Å². The van der Waals surface area contributed by atoms with Gasteiger partial charge in [0.1, 0.15) is 11.2 Å². The van der Waals surface area contributed by atoms with E-state index in [-0.39, 0.29) is 47.4 Å². The van der Waals surface area contributed by atoms with E-state index in [0.29, 0.717) is 38.8 Å². The van der Waals surface area contributed by atoms with E-state index in [4.69, 9.17) is 14.0 Å². The third kappa shape index (κ3) is 4.17. The van der Waals surface area contributed by atoms with Gasteiger partial charge in [-0.3, -0.25) is 0 Å². The quantitative estimate of drug-likeness (QED) is 0.188. The van der Waals surface area contributed by atoms with Crippen LogP contribution in [0, 0.1) is 0 Å². The second kappa shape index (κ2) is 10.4. The van der Waals surface area contributed by atoms with Gasteiger partial charge in [0, 0.05) is 10.8 Å². The van der Waals surface area contributed by atoms with Crippen LogP contribution in [-0.2, 0) is 0 Å². The van der Waals surface area contributed by atoms with Gasteiger partial charge < -0.3 is 4.42 Å². The Labute approximate surface area is 274 Å². The van der Waals surface area contributed by atoms with Crippen LogP contribution in [0.1, 0.15) is 12.3 Å². The SMILES string of the molecule is [2H]c1c([2H])c([2H])c(-c2ccc3oc4cccc(-c5c6ccccc6c(-c6c([2H])c([2H])c([2H])c(-c7ccccc7)c6[2H])c6ccccc56)c4c3c2)c([2H])c1[2H]. The van der Waals surface area contributed by atoms with Crippen molar-refractivity contribution < 1.29 is 16.8 Å². The molecule has 0 amide bonds. The molecule has 0 aliphatic heterocycles. The highest BCUT2D eigenvalue weighted by molar-refractivity contribution is 6.25. The first-order chi connectivity index (χ1) is 26.1. The van der Waals surface area contributed by atoms with E-state index in [1.54, 1.807) is 12.1 Å². The van der Waals surface area contributed by atoms with E-state index in [1.807, 2.05) is 103 Å². The van der Waals surface area contributed by atoms with Gasteiger partial charge in [0.2, 0.25) is 0 Å². The molecule has 0 saturated carbocycles. The topological polar surface area (TPSA) is 13.1 Å². The molecule has 0 bridgehead atoms. The zero-order valence-electron chi connectivity index (χ0n) is 32.9. The Balaban J connectivity index is 1.38. The van der Waals surface area contributed by atoms with E-state index in [0.717, 1.165) is 38.1 Å². The molecule has 0 spiro atoms. The van der Waals surface area contributed by atoms with E-state index in [1.165, 1.54) is 0 Å². The molecule has 210 valence electrons. The Hall–Kier alpha value is -5.92. The van der Waals surface area contributed by atoms with Crippen molar-refractivity contribution in [1.82, 2.24) is 0 Å². The molecule has 0 N–H and O–H groups in total. The molecule has 8 aromatic carbocycles. The molecule has 0 fully saturated rings. The summed E-state index contributed by atoms with van der Waals surface area (Å²) in [5, 5.41) is 4.72. The fourth-order valence-corrected chi connectivity index (χ4v) is 6.49. The summed E-state index contributed by atoms with van der Waals surface area (Å²) in [6.45, 7) is 0. The summed E-state index contributed by atoms with van der Waals surface area (Å²) in [5.41, 5.74) is 5.33. The molecule has 45 heavy (non-hydrogen) atoms. The summed E-state index contributed by atoms with van der Waals surface area (Å²) >= 11 is 0. The summed E-state index contributed by atoms with van der Waals surface area (Å²) in [4.78, 5) is 0. The summed E-state index contributed by atoms with van der Waals surface area (Å²) in [5.74, 6) is 0. The Morgan fingerprint density at radius 3 is 1.78 bits per heavy atom. The predicted octanol–water partition coefficient (Wildman–Crippen LogP) is 12.6. The average Bonchev–Trinajstić information content (AvgIpc) is 3.57. The largest absolute Gasteiger partial charge is 0.456 e. The monoisotopic (exact) mass is 581 g/mol. The average molecular weight is 582 g/mol. The molecule has 0 aliphatic carbocycles. The van der Waals surface area contributed by atoms with Crippen molar-refractivity contribution in [3.8, 4) is 44.5 Å². The van der Waals surface area contributed by atoms with Crippen LogP contribution in [0.3, 0.4) is 0 Å². The van der Waals surface area contributed by atoms with Crippen molar-refractivity contribution in [2.24, 2.45) is 0 Å². The number of furan rings is 1. The molecule has 9 aromatic rings. The van der Waals surface area contributed by atoms with E-state index >= 15 is 0 Å². The van der Waals surface area contributed by atoms with Crippen molar-refractivity contribution in [2.45, 2.75) is 0 Å². The Bertz CT molecular complexity index is 2960. The minimum absolute atomic E-state index is 0.0124. The van der Waals surface area contributed by atoms with Crippen molar-refractivity contribution in [2.75, 3.05) is 0 Å². The van der Waals surface area contributed by atoms with Gasteiger partial charge in [-0.15, -0.1) is 0 Å². The molecular weight excluding hydrogens is 544 g/mol. The fraction of sp³-hybridized carbons (Fsp3) is 0. The van der Waals surface area contributed by atoms with Crippen molar-refractivity contribution >= 4 is 43.5 Å². The molecule has 0 atom stereocenters. The first kappa shape index (κ1) is 18.0. The molecule has 0 saturated heterocycles. The number of benzene rings is 8. The summed E-state index contributed by atoms with van der Waals surface area (Å²) in [6, 6.07) is 33.5. The van der Waals surface area contributed by atoms with Crippen LogP contribution in [0.15, 0.2) is 174 Å². The van der Waals surface area contributed by atoms with Crippen LogP contribution in [0.25, 0.3) is 88.0 Å². The maximum absolute atomic E-state index is 9.51. The zero-order valence-corrected chi connectivity index (χ0v) is 23.9. The third-order valence-corrected chi connectivity index (χ3v) is 8.42. The predicted molar refractivity (Wildman–Crippen MR) is 190 cm³/mol. The van der Waals surface area contributed by atoms with E-state index in [2.05, 4.69) is 0 Å². The fourth-order valence-electron chi connectivity index (χ4n) is 6.49. The Morgan fingerprint density at radius 2 is 1.04 bits per heavy atom. The van der Waals surface area contributed by atoms with Crippen LogP contribution >= 0.6 is 0 Å². The Kier molecular flexibility index (Phi) is 4.15. The molecule has 0 unspecified atom stereocenters. The minimum Gasteiger partial charge on any atom is -0.456 e. The van der Waals surface area contributed by atoms with E-state index < -0.39 is 18.1 Å². The third-order valence-electron chi connectivity index (χ3n) is 8.42. The summed E-state index contributed by atoms with van der Waals surface area (Å²) in [7, 11) is 0. The van der Waals surface area contributed by atoms with E-state index in [9.17, 15) is 2.74 Å². The van der Waals surface area contributed by atoms with Gasteiger partial charge in [0.05, 0.1) is 12.3 Å². The highest BCUT2D eigenvalue weighted by Crippen LogP contribution is 2.47. The number of hydrogen-bond donors (Lipinski definition) is 0. The van der Waals surface area contributed by atoms with Crippen LogP contribution in [-0.4, -0.2) is 0 Å². The van der Waals surface area contributed by atoms with Gasteiger partial charge in [0.15, 0.2) is 0 Å². The number of fused-ring (bicyclic) bond motifs is 5. The highest BCUT2D eigenvalue weighted by atomic mass is 16.3. The standard InChI is InChI=1S/C44H28O/c1-3-13-29(14-4-1)31-17-11-18-33(27-31)42-34-19-7-9-21-36(34)43(37-22-10-8-20-35(37)42)38-23-12-24-41-44(38)39-28-32(25-26-40(39)45-41)30-15-5-2-6-16-30/h1-28H/i2D,5D,6D,11D,15D,16D,17D,18D,27D. The molecule has 9 rings (SSSR count). The number of hydrogen-bond acceptors (Lipinski definition) is 1. The first-order valence-corrected chi connectivity index (χ1v) is 14.7. The molecule has 1 aromatic heterocycles. The maximum Gasteiger partial charge on any atom is 0.136 e. The number of rotatable bonds is 4. The molecule has 1 heteroatoms. The lowest BCUT2D eigenvalue weighted by atomic mass is 9.84. The lowest BCUT2D eigenvalue weighted by Gasteiger charge is -2.18. The molecule has 0 radical (unpaired) electrons. The lowest BCUT2D eigenvalue weighted by molar-refractivity contribution is 0.669. The highest BCUT2D eigenvalue weighted by Gasteiger charge is 2.20. The Morgan fingerprint density at radius 1 is 0.400 bits per heavy atom.